The van der Waals surface area contributed by atoms with Crippen LogP contribution in [0, 0.1) is 11.8 Å². The first-order chi connectivity index (χ1) is 23.7. The second-order valence-electron chi connectivity index (χ2n) is 14.4. The van der Waals surface area contributed by atoms with Crippen molar-refractivity contribution in [2.75, 3.05) is 13.2 Å². The molecule has 2 N–H and O–H groups in total. The number of phosphoric acid groups is 2. The molecule has 2 unspecified atom stereocenters. The lowest BCUT2D eigenvalue weighted by Gasteiger charge is -2.19. The minimum atomic E-state index is -5.33. The Hall–Kier alpha value is -1.96. The molecule has 0 fully saturated rings. The van der Waals surface area contributed by atoms with Crippen molar-refractivity contribution in [3.05, 3.63) is 69.9 Å². The molecule has 0 amide bonds. The Labute approximate surface area is 309 Å². The first-order valence-electron chi connectivity index (χ1n) is 18.3. The van der Waals surface area contributed by atoms with E-state index in [0.29, 0.717) is 25.7 Å². The first-order valence-corrected chi connectivity index (χ1v) is 21.3. The molecule has 292 valence electrons. The highest BCUT2D eigenvalue weighted by Gasteiger charge is 2.38. The van der Waals surface area contributed by atoms with Gasteiger partial charge in [0.2, 0.25) is 0 Å². The molecule has 0 rings (SSSR count). The maximum Gasteiger partial charge on any atom is 0.484 e. The highest BCUT2D eigenvalue weighted by Crippen LogP contribution is 2.61. The Balaban J connectivity index is 4.84. The normalized spacial score (nSPS) is 15.6. The number of allylic oxidation sites excluding steroid dienone is 12. The Morgan fingerprint density at radius 2 is 0.824 bits per heavy atom. The van der Waals surface area contributed by atoms with Crippen LogP contribution in [0.1, 0.15) is 146 Å². The van der Waals surface area contributed by atoms with Crippen LogP contribution in [0.3, 0.4) is 0 Å². The number of hydrogen-bond acceptors (Lipinski definition) is 7. The fourth-order valence-electron chi connectivity index (χ4n) is 4.94. The molecule has 0 aliphatic rings. The van der Waals surface area contributed by atoms with Crippen LogP contribution >= 0.6 is 15.6 Å². The maximum atomic E-state index is 13.1. The molecular formula is C40H68O9P2. The van der Waals surface area contributed by atoms with Crippen LogP contribution in [0.25, 0.3) is 0 Å². The van der Waals surface area contributed by atoms with E-state index in [4.69, 9.17) is 9.05 Å². The quantitative estimate of drug-likeness (QED) is 0.0590. The second kappa shape index (κ2) is 26.7. The molecule has 0 spiro atoms. The van der Waals surface area contributed by atoms with Crippen molar-refractivity contribution >= 4 is 27.2 Å². The molecular weight excluding hydrogens is 686 g/mol. The summed E-state index contributed by atoms with van der Waals surface area (Å²) in [4.78, 5) is 44.1. The van der Waals surface area contributed by atoms with Crippen LogP contribution in [-0.4, -0.2) is 34.6 Å². The van der Waals surface area contributed by atoms with E-state index in [1.165, 1.54) is 33.4 Å². The summed E-state index contributed by atoms with van der Waals surface area (Å²) in [6.07, 6.45) is 23.5. The number of Topliss-reactive ketones (excluding diaryl/α,β-unsaturated/α-hetero) is 2. The molecule has 0 aromatic heterocycles. The van der Waals surface area contributed by atoms with E-state index in [2.05, 4.69) is 96.2 Å². The molecule has 0 aliphatic heterocycles. The number of ketones is 2. The Morgan fingerprint density at radius 3 is 1.12 bits per heavy atom. The number of carbonyl (C=O) groups is 2. The monoisotopic (exact) mass is 754 g/mol. The minimum Gasteiger partial charge on any atom is -0.302 e. The zero-order chi connectivity index (χ0) is 39.0. The van der Waals surface area contributed by atoms with Crippen LogP contribution in [-0.2, 0) is 32.1 Å². The van der Waals surface area contributed by atoms with Gasteiger partial charge in [0, 0.05) is 11.8 Å². The molecule has 9 nitrogen and oxygen atoms in total. The van der Waals surface area contributed by atoms with Crippen molar-refractivity contribution in [3.63, 3.8) is 0 Å². The summed E-state index contributed by atoms with van der Waals surface area (Å²) in [5.41, 5.74) is 7.85. The van der Waals surface area contributed by atoms with Gasteiger partial charge in [-0.15, -0.1) is 0 Å². The first kappa shape index (κ1) is 49.0. The zero-order valence-corrected chi connectivity index (χ0v) is 35.0. The lowest BCUT2D eigenvalue weighted by molar-refractivity contribution is -0.126. The molecule has 11 heteroatoms. The molecule has 0 saturated carbocycles. The van der Waals surface area contributed by atoms with Gasteiger partial charge in [-0.2, -0.15) is 4.31 Å². The van der Waals surface area contributed by atoms with Gasteiger partial charge in [-0.25, -0.2) is 9.13 Å². The van der Waals surface area contributed by atoms with Gasteiger partial charge in [0.15, 0.2) is 11.6 Å². The van der Waals surface area contributed by atoms with E-state index in [-0.39, 0.29) is 0 Å². The molecule has 2 atom stereocenters. The third-order valence-corrected chi connectivity index (χ3v) is 11.0. The average Bonchev–Trinajstić information content (AvgIpc) is 3.01. The molecule has 0 saturated heterocycles. The molecule has 51 heavy (non-hydrogen) atoms. The summed E-state index contributed by atoms with van der Waals surface area (Å²) in [6.45, 7) is 18.8. The predicted octanol–water partition coefficient (Wildman–Crippen LogP) is 12.0. The molecule has 0 heterocycles. The third kappa shape index (κ3) is 28.2. The summed E-state index contributed by atoms with van der Waals surface area (Å²) in [6, 6.07) is 0. The number of hydrogen-bond donors (Lipinski definition) is 2. The summed E-state index contributed by atoms with van der Waals surface area (Å²) in [7, 11) is -10.3. The average molecular weight is 755 g/mol. The van der Waals surface area contributed by atoms with E-state index in [9.17, 15) is 28.5 Å². The molecule has 0 bridgehead atoms. The van der Waals surface area contributed by atoms with Crippen molar-refractivity contribution in [3.8, 4) is 0 Å². The van der Waals surface area contributed by atoms with Crippen LogP contribution in [0.4, 0.5) is 0 Å². The van der Waals surface area contributed by atoms with Gasteiger partial charge in [-0.3, -0.25) is 18.6 Å². The van der Waals surface area contributed by atoms with Crippen LogP contribution in [0.5, 0.6) is 0 Å². The summed E-state index contributed by atoms with van der Waals surface area (Å²) in [5.74, 6) is -1.79. The minimum absolute atomic E-state index is 0.426. The number of rotatable bonds is 28. The topological polar surface area (TPSA) is 136 Å². The number of phosphoric ester groups is 1. The summed E-state index contributed by atoms with van der Waals surface area (Å²) >= 11 is 0. The van der Waals surface area contributed by atoms with E-state index in [1.54, 1.807) is 13.8 Å². The van der Waals surface area contributed by atoms with E-state index in [1.807, 2.05) is 0 Å². The van der Waals surface area contributed by atoms with Crippen molar-refractivity contribution in [2.24, 2.45) is 11.8 Å². The van der Waals surface area contributed by atoms with Crippen LogP contribution < -0.4 is 0 Å². The van der Waals surface area contributed by atoms with Gasteiger partial charge < -0.3 is 9.79 Å². The van der Waals surface area contributed by atoms with Crippen LogP contribution in [0.2, 0.25) is 0 Å². The third-order valence-electron chi connectivity index (χ3n) is 8.47. The second-order valence-corrected chi connectivity index (χ2v) is 17.4. The van der Waals surface area contributed by atoms with Crippen molar-refractivity contribution in [1.82, 2.24) is 0 Å². The number of carbonyl (C=O) groups excluding carboxylic acids is 2. The largest absolute Gasteiger partial charge is 0.484 e. The van der Waals surface area contributed by atoms with E-state index < -0.39 is 52.3 Å². The summed E-state index contributed by atoms with van der Waals surface area (Å²) < 4.78 is 39.0. The smallest absolute Gasteiger partial charge is 0.302 e. The van der Waals surface area contributed by atoms with Gasteiger partial charge in [0.25, 0.3) is 0 Å². The standard InChI is InChI=1S/C40H68O9P2/c1-31(2)17-11-19-33(5)21-13-23-35(7)25-15-27-37(9)39(41)29-47-51(46,49-50(43,44)45)48-30-40(42)38(10)28-16-26-36(8)24-14-22-34(6)20-12-18-32(3)4/h17-18,21-22,25-26,37-38H,11-16,19-20,23-24,27-30H2,1-10H3,(H2,43,44,45)/b33-21+,34-22+,35-25+,36-26+. The van der Waals surface area contributed by atoms with Gasteiger partial charge in [-0.1, -0.05) is 83.7 Å². The van der Waals surface area contributed by atoms with Crippen molar-refractivity contribution in [1.29, 1.82) is 0 Å². The molecule has 0 radical (unpaired) electrons. The highest BCUT2D eigenvalue weighted by atomic mass is 31.3. The molecule has 0 aromatic carbocycles. The lowest BCUT2D eigenvalue weighted by atomic mass is 9.99. The van der Waals surface area contributed by atoms with Gasteiger partial charge in [-0.05, 0) is 132 Å². The Bertz CT molecular complexity index is 1270. The van der Waals surface area contributed by atoms with Crippen LogP contribution in [0.15, 0.2) is 69.9 Å². The fraction of sp³-hybridized carbons (Fsp3) is 0.650. The Morgan fingerprint density at radius 1 is 0.529 bits per heavy atom. The van der Waals surface area contributed by atoms with Gasteiger partial charge in [0.1, 0.15) is 13.2 Å². The fourth-order valence-corrected chi connectivity index (χ4v) is 7.01. The Kier molecular flexibility index (Phi) is 25.7. The molecule has 0 aromatic rings. The van der Waals surface area contributed by atoms with Crippen molar-refractivity contribution < 1.29 is 41.9 Å². The predicted molar refractivity (Wildman–Crippen MR) is 210 cm³/mol. The molecule has 0 aliphatic carbocycles. The van der Waals surface area contributed by atoms with Gasteiger partial charge in [0.05, 0.1) is 0 Å². The van der Waals surface area contributed by atoms with E-state index in [0.717, 1.165) is 51.4 Å². The SMILES string of the molecule is CC(C)=CCC/C(C)=C/CC/C(C)=C/CCC(C)C(=O)COP(=O)(OCC(=O)C(C)CC/C=C(\C)CC/C=C(\C)CCC=C(C)C)OP(=O)(O)O. The highest BCUT2D eigenvalue weighted by molar-refractivity contribution is 7.61. The lowest BCUT2D eigenvalue weighted by Crippen LogP contribution is -2.20. The van der Waals surface area contributed by atoms with Gasteiger partial charge >= 0.3 is 15.6 Å². The maximum absolute atomic E-state index is 13.1. The van der Waals surface area contributed by atoms with E-state index >= 15 is 0 Å². The zero-order valence-electron chi connectivity index (χ0n) is 33.2. The van der Waals surface area contributed by atoms with Crippen molar-refractivity contribution in [2.45, 2.75) is 146 Å². The summed E-state index contributed by atoms with van der Waals surface area (Å²) in [5, 5.41) is 0.